The fourth-order valence-corrected chi connectivity index (χ4v) is 3.81. The predicted octanol–water partition coefficient (Wildman–Crippen LogP) is 0.765. The van der Waals surface area contributed by atoms with Crippen LogP contribution in [0.25, 0.3) is 0 Å². The van der Waals surface area contributed by atoms with Crippen molar-refractivity contribution >= 4 is 23.7 Å². The van der Waals surface area contributed by atoms with Gasteiger partial charge in [0.2, 0.25) is 17.7 Å². The van der Waals surface area contributed by atoms with Crippen molar-refractivity contribution in [2.24, 2.45) is 11.7 Å². The highest BCUT2D eigenvalue weighted by Gasteiger charge is 2.32. The molecular formula is C28H38N4O6. The molecule has 10 nitrogen and oxygen atoms in total. The quantitative estimate of drug-likeness (QED) is 0.211. The summed E-state index contributed by atoms with van der Waals surface area (Å²) in [5.41, 5.74) is 7.27. The second kappa shape index (κ2) is 14.8. The number of nitrogens with two attached hydrogens (primary N) is 1. The van der Waals surface area contributed by atoms with E-state index in [2.05, 4.69) is 16.0 Å². The second-order valence-electron chi connectivity index (χ2n) is 9.48. The van der Waals surface area contributed by atoms with Crippen LogP contribution >= 0.6 is 0 Å². The van der Waals surface area contributed by atoms with E-state index in [1.165, 1.54) is 6.92 Å². The maximum atomic E-state index is 13.5. The fraction of sp³-hybridized carbons (Fsp3) is 0.429. The van der Waals surface area contributed by atoms with Gasteiger partial charge in [-0.15, -0.1) is 0 Å². The lowest BCUT2D eigenvalue weighted by Crippen LogP contribution is -2.59. The monoisotopic (exact) mass is 526 g/mol. The Morgan fingerprint density at radius 3 is 1.58 bits per heavy atom. The van der Waals surface area contributed by atoms with Gasteiger partial charge in [0.15, 0.2) is 0 Å². The normalized spacial score (nSPS) is 15.7. The molecule has 0 aliphatic rings. The van der Waals surface area contributed by atoms with E-state index < -0.39 is 54.0 Å². The average Bonchev–Trinajstić information content (AvgIpc) is 2.90. The number of carbonyl (C=O) groups excluding carboxylic acids is 3. The average molecular weight is 527 g/mol. The number of aliphatic hydroxyl groups is 1. The molecule has 0 bridgehead atoms. The van der Waals surface area contributed by atoms with Crippen molar-refractivity contribution in [1.82, 2.24) is 16.0 Å². The summed E-state index contributed by atoms with van der Waals surface area (Å²) in [6, 6.07) is 13.4. The topological polar surface area (TPSA) is 171 Å². The minimum atomic E-state index is -1.25. The van der Waals surface area contributed by atoms with Crippen LogP contribution in [0.5, 0.6) is 0 Å². The molecule has 0 heterocycles. The first-order valence-corrected chi connectivity index (χ1v) is 12.7. The van der Waals surface area contributed by atoms with Crippen LogP contribution in [-0.2, 0) is 32.0 Å². The summed E-state index contributed by atoms with van der Waals surface area (Å²) in [5, 5.41) is 27.2. The number of hydrogen-bond acceptors (Lipinski definition) is 6. The van der Waals surface area contributed by atoms with Crippen LogP contribution in [0.3, 0.4) is 0 Å². The largest absolute Gasteiger partial charge is 0.480 e. The molecule has 2 aromatic carbocycles. The van der Waals surface area contributed by atoms with Crippen LogP contribution in [-0.4, -0.2) is 64.2 Å². The molecule has 0 aliphatic carbocycles. The van der Waals surface area contributed by atoms with E-state index in [1.54, 1.807) is 55.5 Å². The summed E-state index contributed by atoms with van der Waals surface area (Å²) >= 11 is 0. The molecule has 0 aliphatic heterocycles. The molecule has 0 saturated carbocycles. The minimum Gasteiger partial charge on any atom is -0.480 e. The highest BCUT2D eigenvalue weighted by Crippen LogP contribution is 2.11. The van der Waals surface area contributed by atoms with Gasteiger partial charge in [-0.2, -0.15) is 0 Å². The molecule has 7 N–H and O–H groups in total. The van der Waals surface area contributed by atoms with Crippen molar-refractivity contribution in [3.8, 4) is 0 Å². The Bertz CT molecular complexity index is 1060. The molecule has 6 atom stereocenters. The van der Waals surface area contributed by atoms with Crippen LogP contribution in [0.4, 0.5) is 0 Å². The Morgan fingerprint density at radius 2 is 1.18 bits per heavy atom. The molecule has 0 fully saturated rings. The zero-order valence-corrected chi connectivity index (χ0v) is 22.0. The van der Waals surface area contributed by atoms with Gasteiger partial charge in [0.1, 0.15) is 24.2 Å². The number of hydrogen-bond donors (Lipinski definition) is 6. The molecule has 0 saturated heterocycles. The molecule has 10 heteroatoms. The third-order valence-electron chi connectivity index (χ3n) is 6.43. The number of benzene rings is 2. The van der Waals surface area contributed by atoms with E-state index in [-0.39, 0.29) is 18.8 Å². The van der Waals surface area contributed by atoms with Crippen molar-refractivity contribution < 1.29 is 29.4 Å². The highest BCUT2D eigenvalue weighted by molar-refractivity contribution is 5.94. The molecule has 2 aromatic rings. The SMILES string of the molecule is CCC(C)C(NC(=O)C(Cc1ccccc1)NC(=O)C(Cc1ccccc1)NC(=O)C(N)C(C)O)C(=O)O. The lowest BCUT2D eigenvalue weighted by molar-refractivity contribution is -0.143. The zero-order valence-electron chi connectivity index (χ0n) is 22.0. The zero-order chi connectivity index (χ0) is 28.2. The van der Waals surface area contributed by atoms with E-state index in [9.17, 15) is 29.4 Å². The molecular weight excluding hydrogens is 488 g/mol. The van der Waals surface area contributed by atoms with Gasteiger partial charge in [-0.1, -0.05) is 80.9 Å². The Balaban J connectivity index is 2.32. The van der Waals surface area contributed by atoms with E-state index in [0.29, 0.717) is 6.42 Å². The summed E-state index contributed by atoms with van der Waals surface area (Å²) in [6.45, 7) is 4.92. The molecule has 2 rings (SSSR count). The molecule has 0 radical (unpaired) electrons. The lowest BCUT2D eigenvalue weighted by atomic mass is 9.97. The highest BCUT2D eigenvalue weighted by atomic mass is 16.4. The summed E-state index contributed by atoms with van der Waals surface area (Å²) in [5.74, 6) is -3.52. The first-order chi connectivity index (χ1) is 18.0. The predicted molar refractivity (Wildman–Crippen MR) is 143 cm³/mol. The Hall–Kier alpha value is -3.76. The van der Waals surface area contributed by atoms with E-state index >= 15 is 0 Å². The lowest BCUT2D eigenvalue weighted by Gasteiger charge is -2.27. The molecule has 0 aromatic heterocycles. The van der Waals surface area contributed by atoms with Gasteiger partial charge in [0, 0.05) is 12.8 Å². The number of carboxylic acids is 1. The Labute approximate surface area is 223 Å². The third kappa shape index (κ3) is 9.28. The molecule has 0 spiro atoms. The van der Waals surface area contributed by atoms with Gasteiger partial charge < -0.3 is 31.9 Å². The number of carboxylic acid groups (broad SMARTS) is 1. The molecule has 38 heavy (non-hydrogen) atoms. The maximum absolute atomic E-state index is 13.5. The number of nitrogens with one attached hydrogen (secondary N) is 3. The molecule has 3 amide bonds. The smallest absolute Gasteiger partial charge is 0.326 e. The number of carbonyl (C=O) groups is 4. The standard InChI is InChI=1S/C28H38N4O6/c1-4-17(2)24(28(37)38)32-26(35)22(16-20-13-9-6-10-14-20)30-25(34)21(15-19-11-7-5-8-12-19)31-27(36)23(29)18(3)33/h5-14,17-18,21-24,33H,4,15-16,29H2,1-3H3,(H,30,34)(H,31,36)(H,32,35)(H,37,38). The first-order valence-electron chi connectivity index (χ1n) is 12.7. The van der Waals surface area contributed by atoms with Gasteiger partial charge in [0.25, 0.3) is 0 Å². The van der Waals surface area contributed by atoms with Crippen molar-refractivity contribution in [3.63, 3.8) is 0 Å². The van der Waals surface area contributed by atoms with Gasteiger partial charge in [-0.25, -0.2) is 4.79 Å². The Morgan fingerprint density at radius 1 is 0.763 bits per heavy atom. The minimum absolute atomic E-state index is 0.102. The van der Waals surface area contributed by atoms with Gasteiger partial charge in [0.05, 0.1) is 6.10 Å². The van der Waals surface area contributed by atoms with Gasteiger partial charge in [-0.3, -0.25) is 14.4 Å². The van der Waals surface area contributed by atoms with Crippen LogP contribution < -0.4 is 21.7 Å². The number of rotatable bonds is 14. The summed E-state index contributed by atoms with van der Waals surface area (Å²) < 4.78 is 0. The maximum Gasteiger partial charge on any atom is 0.326 e. The molecule has 206 valence electrons. The molecule has 6 unspecified atom stereocenters. The third-order valence-corrected chi connectivity index (χ3v) is 6.43. The van der Waals surface area contributed by atoms with Gasteiger partial charge in [-0.05, 0) is 24.0 Å². The Kier molecular flexibility index (Phi) is 11.9. The van der Waals surface area contributed by atoms with E-state index in [0.717, 1.165) is 11.1 Å². The van der Waals surface area contributed by atoms with Crippen LogP contribution in [0.2, 0.25) is 0 Å². The first kappa shape index (κ1) is 30.5. The van der Waals surface area contributed by atoms with Crippen molar-refractivity contribution in [2.45, 2.75) is 70.3 Å². The summed E-state index contributed by atoms with van der Waals surface area (Å²) in [7, 11) is 0. The van der Waals surface area contributed by atoms with Gasteiger partial charge >= 0.3 is 5.97 Å². The van der Waals surface area contributed by atoms with Crippen molar-refractivity contribution in [2.75, 3.05) is 0 Å². The van der Waals surface area contributed by atoms with E-state index in [4.69, 9.17) is 5.73 Å². The van der Waals surface area contributed by atoms with Crippen LogP contribution in [0.1, 0.15) is 38.3 Å². The number of amides is 3. The van der Waals surface area contributed by atoms with Crippen molar-refractivity contribution in [3.05, 3.63) is 71.8 Å². The second-order valence-corrected chi connectivity index (χ2v) is 9.48. The number of aliphatic carboxylic acids is 1. The van der Waals surface area contributed by atoms with Crippen LogP contribution in [0.15, 0.2) is 60.7 Å². The number of aliphatic hydroxyl groups excluding tert-OH is 1. The summed E-state index contributed by atoms with van der Waals surface area (Å²) in [4.78, 5) is 51.2. The summed E-state index contributed by atoms with van der Waals surface area (Å²) in [6.07, 6.45) is -0.401. The van der Waals surface area contributed by atoms with E-state index in [1.807, 2.05) is 19.1 Å². The van der Waals surface area contributed by atoms with Crippen LogP contribution in [0, 0.1) is 5.92 Å². The van der Waals surface area contributed by atoms with Crippen molar-refractivity contribution in [1.29, 1.82) is 0 Å². The fourth-order valence-electron chi connectivity index (χ4n) is 3.81.